The molecular formula is C9H20NO3P. The number of carbonyl (C=O) groups is 2. The van der Waals surface area contributed by atoms with Crippen molar-refractivity contribution in [3.05, 3.63) is 0 Å². The van der Waals surface area contributed by atoms with Crippen molar-refractivity contribution in [1.82, 2.24) is 5.32 Å². The molecule has 0 bridgehead atoms. The number of likely N-dealkylation sites (N-methyl/N-ethyl adjacent to an activating group) is 1. The van der Waals surface area contributed by atoms with E-state index in [0.29, 0.717) is 6.42 Å². The molecule has 2 atom stereocenters. The monoisotopic (exact) mass is 221 g/mol. The van der Waals surface area contributed by atoms with E-state index in [0.717, 1.165) is 0 Å². The van der Waals surface area contributed by atoms with Crippen molar-refractivity contribution in [2.45, 2.75) is 32.7 Å². The highest BCUT2D eigenvalue weighted by Crippen LogP contribution is 2.03. The minimum Gasteiger partial charge on any atom is -0.469 e. The first-order valence-corrected chi connectivity index (χ1v) is 5.23. The predicted octanol–water partition coefficient (Wildman–Crippen LogP) is 0.955. The summed E-state index contributed by atoms with van der Waals surface area (Å²) in [4.78, 5) is 21.5. The summed E-state index contributed by atoms with van der Waals surface area (Å²) >= 11 is 0. The number of esters is 1. The van der Waals surface area contributed by atoms with E-state index in [9.17, 15) is 9.59 Å². The molecule has 0 radical (unpaired) electrons. The lowest BCUT2D eigenvalue weighted by atomic mass is 10.2. The van der Waals surface area contributed by atoms with Gasteiger partial charge in [-0.2, -0.15) is 0 Å². The molecule has 0 aromatic heterocycles. The quantitative estimate of drug-likeness (QED) is 0.555. The Morgan fingerprint density at radius 1 is 1.43 bits per heavy atom. The highest BCUT2D eigenvalue weighted by Gasteiger charge is 2.13. The molecule has 0 aliphatic rings. The second kappa shape index (κ2) is 10.6. The van der Waals surface area contributed by atoms with Crippen LogP contribution < -0.4 is 5.32 Å². The number of ether oxygens (including phenoxy) is 1. The molecule has 14 heavy (non-hydrogen) atoms. The standard InChI is InChI=1S/C7H14NO3P.C2H6/c1-8-5(7(10)12)3-4-6(9)11-2;1-2/h5,8H,3-4,12H2,1-2H3;1-2H3. The third-order valence-electron chi connectivity index (χ3n) is 1.56. The van der Waals surface area contributed by atoms with Crippen molar-refractivity contribution in [3.63, 3.8) is 0 Å². The van der Waals surface area contributed by atoms with Gasteiger partial charge in [0.15, 0.2) is 5.52 Å². The molecular weight excluding hydrogens is 201 g/mol. The summed E-state index contributed by atoms with van der Waals surface area (Å²) in [6, 6.07) is -0.269. The summed E-state index contributed by atoms with van der Waals surface area (Å²) in [7, 11) is 5.10. The van der Waals surface area contributed by atoms with E-state index in [2.05, 4.69) is 19.3 Å². The van der Waals surface area contributed by atoms with E-state index in [4.69, 9.17) is 0 Å². The molecule has 0 saturated carbocycles. The van der Waals surface area contributed by atoms with E-state index in [-0.39, 0.29) is 24.0 Å². The minimum absolute atomic E-state index is 0.0404. The van der Waals surface area contributed by atoms with Crippen molar-refractivity contribution >= 4 is 20.7 Å². The van der Waals surface area contributed by atoms with Crippen LogP contribution in [0.5, 0.6) is 0 Å². The van der Waals surface area contributed by atoms with Crippen LogP contribution in [-0.4, -0.2) is 31.7 Å². The van der Waals surface area contributed by atoms with Crippen LogP contribution in [0.15, 0.2) is 0 Å². The van der Waals surface area contributed by atoms with Crippen LogP contribution in [0.3, 0.4) is 0 Å². The highest BCUT2D eigenvalue weighted by molar-refractivity contribution is 7.40. The van der Waals surface area contributed by atoms with Crippen molar-refractivity contribution in [2.24, 2.45) is 0 Å². The molecule has 0 heterocycles. The molecule has 5 heteroatoms. The molecule has 0 rings (SSSR count). The Hall–Kier alpha value is -0.470. The van der Waals surface area contributed by atoms with Crippen LogP contribution in [0, 0.1) is 0 Å². The second-order valence-corrected chi connectivity index (χ2v) is 2.93. The molecule has 4 nitrogen and oxygen atoms in total. The number of hydrogen-bond donors (Lipinski definition) is 1. The van der Waals surface area contributed by atoms with Gasteiger partial charge in [0, 0.05) is 6.42 Å². The smallest absolute Gasteiger partial charge is 0.305 e. The number of rotatable bonds is 5. The number of hydrogen-bond acceptors (Lipinski definition) is 4. The van der Waals surface area contributed by atoms with Crippen LogP contribution in [0.1, 0.15) is 26.7 Å². The first-order chi connectivity index (χ1) is 6.61. The Kier molecular flexibility index (Phi) is 12.1. The van der Waals surface area contributed by atoms with Gasteiger partial charge in [-0.1, -0.05) is 23.1 Å². The van der Waals surface area contributed by atoms with Crippen molar-refractivity contribution in [3.8, 4) is 0 Å². The molecule has 0 aliphatic carbocycles. The van der Waals surface area contributed by atoms with Gasteiger partial charge in [-0.05, 0) is 13.5 Å². The van der Waals surface area contributed by atoms with Gasteiger partial charge in [-0.3, -0.25) is 9.59 Å². The summed E-state index contributed by atoms with van der Waals surface area (Å²) in [5.74, 6) is -0.290. The van der Waals surface area contributed by atoms with E-state index < -0.39 is 0 Å². The van der Waals surface area contributed by atoms with Crippen LogP contribution in [0.25, 0.3) is 0 Å². The summed E-state index contributed by atoms with van der Waals surface area (Å²) in [6.07, 6.45) is 0.744. The fourth-order valence-corrected chi connectivity index (χ4v) is 1.13. The molecule has 0 amide bonds. The van der Waals surface area contributed by atoms with Gasteiger partial charge in [-0.15, -0.1) is 0 Å². The van der Waals surface area contributed by atoms with Crippen molar-refractivity contribution < 1.29 is 14.3 Å². The third-order valence-corrected chi connectivity index (χ3v) is 1.96. The van der Waals surface area contributed by atoms with Crippen molar-refractivity contribution in [2.75, 3.05) is 14.2 Å². The predicted molar refractivity (Wildman–Crippen MR) is 60.2 cm³/mol. The van der Waals surface area contributed by atoms with Gasteiger partial charge in [-0.25, -0.2) is 0 Å². The Balaban J connectivity index is 0. The van der Waals surface area contributed by atoms with Crippen LogP contribution >= 0.6 is 9.24 Å². The third kappa shape index (κ3) is 8.14. The van der Waals surface area contributed by atoms with Crippen LogP contribution in [0.2, 0.25) is 0 Å². The second-order valence-electron chi connectivity index (χ2n) is 2.36. The summed E-state index contributed by atoms with van der Waals surface area (Å²) in [5, 5.41) is 2.80. The minimum atomic E-state index is -0.290. The summed E-state index contributed by atoms with van der Waals surface area (Å²) < 4.78 is 4.44. The topological polar surface area (TPSA) is 55.4 Å². The highest BCUT2D eigenvalue weighted by atomic mass is 31.0. The fraction of sp³-hybridized carbons (Fsp3) is 0.778. The Bertz CT molecular complexity index is 173. The lowest BCUT2D eigenvalue weighted by Crippen LogP contribution is -2.31. The fourth-order valence-electron chi connectivity index (χ4n) is 0.793. The zero-order chi connectivity index (χ0) is 11.6. The van der Waals surface area contributed by atoms with E-state index in [1.807, 2.05) is 13.8 Å². The molecule has 0 fully saturated rings. The molecule has 0 aliphatic heterocycles. The Morgan fingerprint density at radius 3 is 2.21 bits per heavy atom. The first-order valence-electron chi connectivity index (χ1n) is 4.65. The van der Waals surface area contributed by atoms with Gasteiger partial charge in [0.25, 0.3) is 0 Å². The van der Waals surface area contributed by atoms with Crippen LogP contribution in [-0.2, 0) is 14.3 Å². The number of methoxy groups -OCH3 is 1. The summed E-state index contributed by atoms with van der Waals surface area (Å²) in [6.45, 7) is 4.00. The zero-order valence-corrected chi connectivity index (χ0v) is 10.4. The Morgan fingerprint density at radius 2 is 1.93 bits per heavy atom. The molecule has 2 unspecified atom stereocenters. The van der Waals surface area contributed by atoms with Crippen molar-refractivity contribution in [1.29, 1.82) is 0 Å². The lowest BCUT2D eigenvalue weighted by molar-refractivity contribution is -0.140. The molecule has 0 aromatic rings. The largest absolute Gasteiger partial charge is 0.469 e. The summed E-state index contributed by atoms with van der Waals surface area (Å²) in [5.41, 5.74) is -0.0404. The van der Waals surface area contributed by atoms with E-state index >= 15 is 0 Å². The molecule has 0 aromatic carbocycles. The van der Waals surface area contributed by atoms with Gasteiger partial charge < -0.3 is 10.1 Å². The van der Waals surface area contributed by atoms with Gasteiger partial charge in [0.1, 0.15) is 0 Å². The van der Waals surface area contributed by atoms with E-state index in [1.54, 1.807) is 7.05 Å². The average Bonchev–Trinajstić information content (AvgIpc) is 2.21. The number of nitrogens with one attached hydrogen (secondary N) is 1. The Labute approximate surface area is 88.0 Å². The molecule has 1 N–H and O–H groups in total. The molecule has 84 valence electrons. The van der Waals surface area contributed by atoms with Crippen LogP contribution in [0.4, 0.5) is 0 Å². The normalized spacial score (nSPS) is 10.9. The molecule has 0 saturated heterocycles. The SMILES string of the molecule is CC.CNC(CCC(=O)OC)C(=O)P. The van der Waals surface area contributed by atoms with Gasteiger partial charge in [0.2, 0.25) is 0 Å². The maximum absolute atomic E-state index is 10.8. The number of carbonyl (C=O) groups excluding carboxylic acids is 2. The average molecular weight is 221 g/mol. The first kappa shape index (κ1) is 16.0. The zero-order valence-electron chi connectivity index (χ0n) is 9.29. The van der Waals surface area contributed by atoms with Gasteiger partial charge >= 0.3 is 5.97 Å². The van der Waals surface area contributed by atoms with E-state index in [1.165, 1.54) is 7.11 Å². The maximum atomic E-state index is 10.8. The van der Waals surface area contributed by atoms with Gasteiger partial charge in [0.05, 0.1) is 13.2 Å². The lowest BCUT2D eigenvalue weighted by Gasteiger charge is -2.10. The molecule has 0 spiro atoms. The maximum Gasteiger partial charge on any atom is 0.305 e.